The Labute approximate surface area is 92.8 Å². The van der Waals surface area contributed by atoms with Gasteiger partial charge in [0, 0.05) is 24.4 Å². The molecule has 0 fully saturated rings. The van der Waals surface area contributed by atoms with Crippen molar-refractivity contribution in [2.24, 2.45) is 0 Å². The van der Waals surface area contributed by atoms with E-state index in [-0.39, 0.29) is 5.91 Å². The highest BCUT2D eigenvalue weighted by Crippen LogP contribution is 2.08. The first-order chi connectivity index (χ1) is 7.74. The summed E-state index contributed by atoms with van der Waals surface area (Å²) in [4.78, 5) is 14.6. The highest BCUT2D eigenvalue weighted by atomic mass is 16.5. The van der Waals surface area contributed by atoms with Crippen LogP contribution in [-0.2, 0) is 11.2 Å². The fourth-order valence-electron chi connectivity index (χ4n) is 1.40. The normalized spacial score (nSPS) is 10.3. The van der Waals surface area contributed by atoms with E-state index >= 15 is 0 Å². The molecule has 2 aromatic heterocycles. The molecule has 0 spiro atoms. The van der Waals surface area contributed by atoms with E-state index in [0.29, 0.717) is 24.4 Å². The molecule has 84 valence electrons. The summed E-state index contributed by atoms with van der Waals surface area (Å²) >= 11 is 0. The molecule has 2 aromatic rings. The predicted molar refractivity (Wildman–Crippen MR) is 59.0 cm³/mol. The quantitative estimate of drug-likeness (QED) is 0.824. The van der Waals surface area contributed by atoms with Crippen molar-refractivity contribution in [2.75, 3.05) is 5.32 Å². The second-order valence-corrected chi connectivity index (χ2v) is 3.57. The zero-order valence-corrected chi connectivity index (χ0v) is 8.99. The molecule has 0 aliphatic carbocycles. The first kappa shape index (κ1) is 10.5. The smallest absolute Gasteiger partial charge is 0.226 e. The average molecular weight is 219 g/mol. The van der Waals surface area contributed by atoms with Crippen LogP contribution in [0.15, 0.2) is 28.9 Å². The van der Waals surface area contributed by atoms with Crippen molar-refractivity contribution in [3.63, 3.8) is 0 Å². The van der Waals surface area contributed by atoms with Crippen LogP contribution in [0, 0.1) is 6.92 Å². The summed E-state index contributed by atoms with van der Waals surface area (Å²) in [6, 6.07) is 5.55. The summed E-state index contributed by atoms with van der Waals surface area (Å²) in [6.45, 7) is 1.78. The second kappa shape index (κ2) is 4.65. The highest BCUT2D eigenvalue weighted by Gasteiger charge is 2.06. The van der Waals surface area contributed by atoms with E-state index in [9.17, 15) is 4.79 Å². The number of H-pyrrole nitrogens is 1. The summed E-state index contributed by atoms with van der Waals surface area (Å²) in [6.07, 6.45) is 2.95. The van der Waals surface area contributed by atoms with E-state index in [4.69, 9.17) is 4.52 Å². The Morgan fingerprint density at radius 3 is 3.12 bits per heavy atom. The molecule has 0 aromatic carbocycles. The number of hydrogen-bond donors (Lipinski definition) is 2. The third-order valence-corrected chi connectivity index (χ3v) is 2.18. The van der Waals surface area contributed by atoms with Gasteiger partial charge in [-0.2, -0.15) is 0 Å². The molecule has 0 aliphatic heterocycles. The molecule has 2 N–H and O–H groups in total. The number of carbonyl (C=O) groups is 1. The second-order valence-electron chi connectivity index (χ2n) is 3.57. The van der Waals surface area contributed by atoms with Crippen molar-refractivity contribution in [1.82, 2.24) is 10.1 Å². The fraction of sp³-hybridized carbons (Fsp3) is 0.273. The van der Waals surface area contributed by atoms with Crippen LogP contribution in [0.25, 0.3) is 0 Å². The fourth-order valence-corrected chi connectivity index (χ4v) is 1.40. The van der Waals surface area contributed by atoms with Gasteiger partial charge in [-0.3, -0.25) is 4.79 Å². The number of amides is 1. The lowest BCUT2D eigenvalue weighted by molar-refractivity contribution is -0.116. The summed E-state index contributed by atoms with van der Waals surface area (Å²) in [7, 11) is 0. The van der Waals surface area contributed by atoms with Crippen molar-refractivity contribution in [2.45, 2.75) is 19.8 Å². The number of hydrogen-bond acceptors (Lipinski definition) is 3. The van der Waals surface area contributed by atoms with Crippen LogP contribution < -0.4 is 5.32 Å². The standard InChI is InChI=1S/C11H13N3O2/c1-8-7-10(14-16-8)13-11(15)5-4-9-3-2-6-12-9/h2-3,6-7,12H,4-5H2,1H3,(H,13,14,15). The summed E-state index contributed by atoms with van der Waals surface area (Å²) in [5.41, 5.74) is 1.05. The lowest BCUT2D eigenvalue weighted by Gasteiger charge is -1.99. The van der Waals surface area contributed by atoms with Crippen LogP contribution in [0.5, 0.6) is 0 Å². The molecule has 2 heterocycles. The van der Waals surface area contributed by atoms with Crippen LogP contribution in [0.3, 0.4) is 0 Å². The highest BCUT2D eigenvalue weighted by molar-refractivity contribution is 5.89. The maximum absolute atomic E-state index is 11.5. The number of aryl methyl sites for hydroxylation is 2. The Morgan fingerprint density at radius 1 is 1.62 bits per heavy atom. The van der Waals surface area contributed by atoms with Gasteiger partial charge in [0.1, 0.15) is 5.76 Å². The zero-order valence-electron chi connectivity index (χ0n) is 8.99. The molecule has 0 unspecified atom stereocenters. The first-order valence-electron chi connectivity index (χ1n) is 5.09. The molecule has 2 rings (SSSR count). The summed E-state index contributed by atoms with van der Waals surface area (Å²) in [5.74, 6) is 1.08. The Kier molecular flexibility index (Phi) is 3.05. The van der Waals surface area contributed by atoms with Crippen LogP contribution in [0.1, 0.15) is 17.9 Å². The van der Waals surface area contributed by atoms with Gasteiger partial charge in [0.05, 0.1) is 0 Å². The molecule has 5 nitrogen and oxygen atoms in total. The predicted octanol–water partition coefficient (Wildman–Crippen LogP) is 1.88. The van der Waals surface area contributed by atoms with E-state index in [1.807, 2.05) is 18.3 Å². The molecular weight excluding hydrogens is 206 g/mol. The lowest BCUT2D eigenvalue weighted by atomic mass is 10.2. The molecule has 16 heavy (non-hydrogen) atoms. The summed E-state index contributed by atoms with van der Waals surface area (Å²) in [5, 5.41) is 6.35. The van der Waals surface area contributed by atoms with E-state index < -0.39 is 0 Å². The molecule has 0 saturated heterocycles. The Bertz CT molecular complexity index is 459. The number of carbonyl (C=O) groups excluding carboxylic acids is 1. The van der Waals surface area contributed by atoms with E-state index in [1.165, 1.54) is 0 Å². The zero-order chi connectivity index (χ0) is 11.4. The minimum absolute atomic E-state index is 0.0668. The molecule has 0 radical (unpaired) electrons. The van der Waals surface area contributed by atoms with Crippen molar-refractivity contribution in [1.29, 1.82) is 0 Å². The number of anilines is 1. The molecule has 0 bridgehead atoms. The van der Waals surface area contributed by atoms with Gasteiger partial charge in [0.2, 0.25) is 5.91 Å². The van der Waals surface area contributed by atoms with Gasteiger partial charge in [0.25, 0.3) is 0 Å². The van der Waals surface area contributed by atoms with E-state index in [0.717, 1.165) is 5.69 Å². The SMILES string of the molecule is Cc1cc(NC(=O)CCc2ccc[nH]2)no1. The van der Waals surface area contributed by atoms with Gasteiger partial charge >= 0.3 is 0 Å². The van der Waals surface area contributed by atoms with Crippen molar-refractivity contribution in [3.8, 4) is 0 Å². The average Bonchev–Trinajstić information content (AvgIpc) is 2.87. The van der Waals surface area contributed by atoms with Crippen LogP contribution in [0.4, 0.5) is 5.82 Å². The van der Waals surface area contributed by atoms with E-state index in [2.05, 4.69) is 15.5 Å². The topological polar surface area (TPSA) is 70.9 Å². The first-order valence-corrected chi connectivity index (χ1v) is 5.09. The van der Waals surface area contributed by atoms with Gasteiger partial charge in [-0.1, -0.05) is 5.16 Å². The van der Waals surface area contributed by atoms with Crippen molar-refractivity contribution in [3.05, 3.63) is 35.9 Å². The van der Waals surface area contributed by atoms with Crippen LogP contribution >= 0.6 is 0 Å². The Morgan fingerprint density at radius 2 is 2.50 bits per heavy atom. The molecule has 0 atom stereocenters. The van der Waals surface area contributed by atoms with Gasteiger partial charge in [-0.05, 0) is 25.5 Å². The number of aromatic amines is 1. The van der Waals surface area contributed by atoms with Gasteiger partial charge in [-0.15, -0.1) is 0 Å². The number of aromatic nitrogens is 2. The van der Waals surface area contributed by atoms with Crippen molar-refractivity contribution < 1.29 is 9.32 Å². The maximum Gasteiger partial charge on any atom is 0.226 e. The summed E-state index contributed by atoms with van der Waals surface area (Å²) < 4.78 is 4.84. The molecule has 0 saturated carbocycles. The molecule has 5 heteroatoms. The van der Waals surface area contributed by atoms with Crippen LogP contribution in [0.2, 0.25) is 0 Å². The third kappa shape index (κ3) is 2.73. The van der Waals surface area contributed by atoms with Crippen molar-refractivity contribution >= 4 is 11.7 Å². The Balaban J connectivity index is 1.81. The number of nitrogens with zero attached hydrogens (tertiary/aromatic N) is 1. The number of rotatable bonds is 4. The van der Waals surface area contributed by atoms with Gasteiger partial charge < -0.3 is 14.8 Å². The lowest BCUT2D eigenvalue weighted by Crippen LogP contribution is -2.12. The molecule has 0 aliphatic rings. The minimum atomic E-state index is -0.0668. The van der Waals surface area contributed by atoms with Gasteiger partial charge in [-0.25, -0.2) is 0 Å². The molecule has 1 amide bonds. The minimum Gasteiger partial charge on any atom is -0.365 e. The molecular formula is C11H13N3O2. The number of nitrogens with one attached hydrogen (secondary N) is 2. The third-order valence-electron chi connectivity index (χ3n) is 2.18. The monoisotopic (exact) mass is 219 g/mol. The van der Waals surface area contributed by atoms with E-state index in [1.54, 1.807) is 13.0 Å². The van der Waals surface area contributed by atoms with Gasteiger partial charge in [0.15, 0.2) is 5.82 Å². The van der Waals surface area contributed by atoms with Crippen LogP contribution in [-0.4, -0.2) is 16.0 Å². The maximum atomic E-state index is 11.5. The Hall–Kier alpha value is -2.04. The largest absolute Gasteiger partial charge is 0.365 e.